The third kappa shape index (κ3) is 3.41. The van der Waals surface area contributed by atoms with Gasteiger partial charge in [0.15, 0.2) is 11.5 Å². The molecule has 0 radical (unpaired) electrons. The van der Waals surface area contributed by atoms with Crippen LogP contribution in [0.15, 0.2) is 23.1 Å². The summed E-state index contributed by atoms with van der Waals surface area (Å²) in [7, 11) is -0.537. The summed E-state index contributed by atoms with van der Waals surface area (Å²) in [5.74, 6) is 0.911. The Morgan fingerprint density at radius 3 is 2.40 bits per heavy atom. The number of benzene rings is 1. The average molecular weight is 300 g/mol. The van der Waals surface area contributed by atoms with Crippen molar-refractivity contribution in [3.8, 4) is 11.5 Å². The van der Waals surface area contributed by atoms with Gasteiger partial charge in [0.1, 0.15) is 0 Å². The summed E-state index contributed by atoms with van der Waals surface area (Å²) < 4.78 is 37.7. The summed E-state index contributed by atoms with van der Waals surface area (Å²) in [5, 5.41) is 3.20. The van der Waals surface area contributed by atoms with Crippen LogP contribution in [0.3, 0.4) is 0 Å². The largest absolute Gasteiger partial charge is 0.493 e. The summed E-state index contributed by atoms with van der Waals surface area (Å²) in [4.78, 5) is 0.189. The van der Waals surface area contributed by atoms with Crippen LogP contribution in [0.2, 0.25) is 0 Å². The van der Waals surface area contributed by atoms with Crippen molar-refractivity contribution in [1.29, 1.82) is 0 Å². The van der Waals surface area contributed by atoms with Crippen LogP contribution >= 0.6 is 0 Å². The first-order valence-electron chi connectivity index (χ1n) is 6.52. The van der Waals surface area contributed by atoms with E-state index < -0.39 is 10.0 Å². The molecule has 1 aromatic rings. The lowest BCUT2D eigenvalue weighted by molar-refractivity contribution is 0.353. The van der Waals surface area contributed by atoms with E-state index in [0.29, 0.717) is 11.5 Å². The van der Waals surface area contributed by atoms with Crippen LogP contribution in [0.25, 0.3) is 0 Å². The van der Waals surface area contributed by atoms with Crippen LogP contribution in [0.1, 0.15) is 12.8 Å². The number of sulfonamides is 1. The number of piperidine rings is 1. The summed E-state index contributed by atoms with van der Waals surface area (Å²) in [6, 6.07) is 4.57. The summed E-state index contributed by atoms with van der Waals surface area (Å²) in [5.41, 5.74) is 0. The fourth-order valence-electron chi connectivity index (χ4n) is 2.21. The van der Waals surface area contributed by atoms with Crippen molar-refractivity contribution in [1.82, 2.24) is 10.0 Å². The highest BCUT2D eigenvalue weighted by atomic mass is 32.2. The Labute approximate surface area is 119 Å². The molecule has 7 heteroatoms. The van der Waals surface area contributed by atoms with Crippen molar-refractivity contribution in [2.45, 2.75) is 23.8 Å². The third-order valence-corrected chi connectivity index (χ3v) is 4.84. The van der Waals surface area contributed by atoms with E-state index in [1.165, 1.54) is 26.4 Å². The van der Waals surface area contributed by atoms with Gasteiger partial charge in [-0.3, -0.25) is 0 Å². The van der Waals surface area contributed by atoms with Gasteiger partial charge in [0.05, 0.1) is 19.1 Å². The zero-order valence-electron chi connectivity index (χ0n) is 11.7. The van der Waals surface area contributed by atoms with E-state index in [2.05, 4.69) is 10.0 Å². The zero-order chi connectivity index (χ0) is 14.6. The predicted molar refractivity (Wildman–Crippen MR) is 75.8 cm³/mol. The number of rotatable bonds is 5. The Kier molecular flexibility index (Phi) is 4.85. The lowest BCUT2D eigenvalue weighted by Gasteiger charge is -2.23. The average Bonchev–Trinajstić information content (AvgIpc) is 2.47. The van der Waals surface area contributed by atoms with Crippen molar-refractivity contribution < 1.29 is 17.9 Å². The minimum Gasteiger partial charge on any atom is -0.493 e. The number of methoxy groups -OCH3 is 2. The van der Waals surface area contributed by atoms with Crippen LogP contribution < -0.4 is 19.5 Å². The highest BCUT2D eigenvalue weighted by Crippen LogP contribution is 2.29. The van der Waals surface area contributed by atoms with Crippen molar-refractivity contribution in [3.63, 3.8) is 0 Å². The molecule has 0 bridgehead atoms. The van der Waals surface area contributed by atoms with E-state index >= 15 is 0 Å². The van der Waals surface area contributed by atoms with Crippen LogP contribution in [-0.4, -0.2) is 41.8 Å². The predicted octanol–water partition coefficient (Wildman–Crippen LogP) is 0.734. The molecule has 1 saturated heterocycles. The molecule has 112 valence electrons. The fourth-order valence-corrected chi connectivity index (χ4v) is 3.53. The van der Waals surface area contributed by atoms with Gasteiger partial charge in [0, 0.05) is 12.1 Å². The third-order valence-electron chi connectivity index (χ3n) is 3.33. The molecule has 1 aliphatic heterocycles. The molecule has 1 heterocycles. The van der Waals surface area contributed by atoms with E-state index in [1.807, 2.05) is 0 Å². The second kappa shape index (κ2) is 6.43. The molecule has 0 amide bonds. The molecule has 0 spiro atoms. The van der Waals surface area contributed by atoms with Gasteiger partial charge in [-0.15, -0.1) is 0 Å². The molecule has 0 unspecified atom stereocenters. The van der Waals surface area contributed by atoms with Gasteiger partial charge in [-0.25, -0.2) is 13.1 Å². The molecular weight excluding hydrogens is 280 g/mol. The van der Waals surface area contributed by atoms with E-state index in [9.17, 15) is 8.42 Å². The molecule has 20 heavy (non-hydrogen) atoms. The molecule has 1 fully saturated rings. The Bertz CT molecular complexity index is 553. The first-order chi connectivity index (χ1) is 9.56. The summed E-state index contributed by atoms with van der Waals surface area (Å²) in [6.07, 6.45) is 1.60. The SMILES string of the molecule is COc1ccc(S(=O)(=O)NC2CCNCC2)cc1OC. The lowest BCUT2D eigenvalue weighted by Crippen LogP contribution is -2.42. The number of hydrogen-bond donors (Lipinski definition) is 2. The van der Waals surface area contributed by atoms with E-state index in [4.69, 9.17) is 9.47 Å². The Hall–Kier alpha value is -1.31. The van der Waals surface area contributed by atoms with Crippen molar-refractivity contribution in [2.75, 3.05) is 27.3 Å². The molecule has 0 saturated carbocycles. The normalized spacial score (nSPS) is 16.9. The smallest absolute Gasteiger partial charge is 0.240 e. The van der Waals surface area contributed by atoms with Gasteiger partial charge in [-0.2, -0.15) is 0 Å². The number of nitrogens with one attached hydrogen (secondary N) is 2. The second-order valence-electron chi connectivity index (χ2n) is 4.66. The van der Waals surface area contributed by atoms with Gasteiger partial charge in [0.2, 0.25) is 10.0 Å². The highest BCUT2D eigenvalue weighted by Gasteiger charge is 2.22. The maximum atomic E-state index is 12.3. The molecule has 1 aromatic carbocycles. The Morgan fingerprint density at radius 2 is 1.80 bits per heavy atom. The molecule has 2 N–H and O–H groups in total. The van der Waals surface area contributed by atoms with Gasteiger partial charge in [-0.1, -0.05) is 0 Å². The quantitative estimate of drug-likeness (QED) is 0.838. The Morgan fingerprint density at radius 1 is 1.15 bits per heavy atom. The molecule has 0 aliphatic carbocycles. The first kappa shape index (κ1) is 15.1. The van der Waals surface area contributed by atoms with Crippen LogP contribution in [-0.2, 0) is 10.0 Å². The minimum atomic E-state index is -3.53. The maximum Gasteiger partial charge on any atom is 0.240 e. The van der Waals surface area contributed by atoms with E-state index in [1.54, 1.807) is 6.07 Å². The maximum absolute atomic E-state index is 12.3. The summed E-state index contributed by atoms with van der Waals surface area (Å²) >= 11 is 0. The van der Waals surface area contributed by atoms with Crippen LogP contribution in [0.4, 0.5) is 0 Å². The van der Waals surface area contributed by atoms with Gasteiger partial charge < -0.3 is 14.8 Å². The Balaban J connectivity index is 2.20. The van der Waals surface area contributed by atoms with Crippen LogP contribution in [0.5, 0.6) is 11.5 Å². The monoisotopic (exact) mass is 300 g/mol. The second-order valence-corrected chi connectivity index (χ2v) is 6.38. The minimum absolute atomic E-state index is 0.0191. The number of hydrogen-bond acceptors (Lipinski definition) is 5. The van der Waals surface area contributed by atoms with Crippen LogP contribution in [0, 0.1) is 0 Å². The molecule has 0 atom stereocenters. The van der Waals surface area contributed by atoms with Crippen molar-refractivity contribution in [2.24, 2.45) is 0 Å². The van der Waals surface area contributed by atoms with Gasteiger partial charge >= 0.3 is 0 Å². The van der Waals surface area contributed by atoms with E-state index in [-0.39, 0.29) is 10.9 Å². The number of ether oxygens (including phenoxy) is 2. The molecular formula is C13H20N2O4S. The topological polar surface area (TPSA) is 76.7 Å². The highest BCUT2D eigenvalue weighted by molar-refractivity contribution is 7.89. The standard InChI is InChI=1S/C13H20N2O4S/c1-18-12-4-3-11(9-13(12)19-2)20(16,17)15-10-5-7-14-8-6-10/h3-4,9-10,14-15H,5-8H2,1-2H3. The van der Waals surface area contributed by atoms with Crippen molar-refractivity contribution in [3.05, 3.63) is 18.2 Å². The molecule has 2 rings (SSSR count). The summed E-state index contributed by atoms with van der Waals surface area (Å²) in [6.45, 7) is 1.66. The first-order valence-corrected chi connectivity index (χ1v) is 8.00. The fraction of sp³-hybridized carbons (Fsp3) is 0.538. The lowest BCUT2D eigenvalue weighted by atomic mass is 10.1. The van der Waals surface area contributed by atoms with E-state index in [0.717, 1.165) is 25.9 Å². The zero-order valence-corrected chi connectivity index (χ0v) is 12.5. The van der Waals surface area contributed by atoms with Gasteiger partial charge in [0.25, 0.3) is 0 Å². The molecule has 1 aliphatic rings. The molecule has 0 aromatic heterocycles. The van der Waals surface area contributed by atoms with Gasteiger partial charge in [-0.05, 0) is 38.1 Å². The molecule has 6 nitrogen and oxygen atoms in total. The van der Waals surface area contributed by atoms with Crippen molar-refractivity contribution >= 4 is 10.0 Å².